The number of hydrogen-bond donors (Lipinski definition) is 1. The highest BCUT2D eigenvalue weighted by atomic mass is 16.2. The zero-order chi connectivity index (χ0) is 16.2. The summed E-state index contributed by atoms with van der Waals surface area (Å²) in [5, 5.41) is 4.36. The summed E-state index contributed by atoms with van der Waals surface area (Å²) in [6.45, 7) is 3.54. The number of rotatable bonds is 4. The molecule has 2 aromatic rings. The first-order chi connectivity index (χ1) is 11.2. The van der Waals surface area contributed by atoms with Crippen molar-refractivity contribution in [2.45, 2.75) is 32.2 Å². The van der Waals surface area contributed by atoms with Crippen molar-refractivity contribution in [1.82, 2.24) is 14.7 Å². The molecule has 1 saturated heterocycles. The van der Waals surface area contributed by atoms with Crippen LogP contribution in [0.3, 0.4) is 0 Å². The first-order valence-corrected chi connectivity index (χ1v) is 8.27. The Hall–Kier alpha value is -2.14. The number of nitrogens with zero attached hydrogens (tertiary/aromatic N) is 3. The summed E-state index contributed by atoms with van der Waals surface area (Å²) in [7, 11) is 0. The minimum atomic E-state index is 0.152. The van der Waals surface area contributed by atoms with Gasteiger partial charge >= 0.3 is 0 Å². The zero-order valence-corrected chi connectivity index (χ0v) is 13.6. The van der Waals surface area contributed by atoms with Crippen LogP contribution in [0.15, 0.2) is 42.7 Å². The van der Waals surface area contributed by atoms with Crippen LogP contribution in [0.5, 0.6) is 0 Å². The van der Waals surface area contributed by atoms with Gasteiger partial charge in [0.2, 0.25) is 5.91 Å². The molecule has 2 atom stereocenters. The number of carbonyl (C=O) groups is 1. The quantitative estimate of drug-likeness (QED) is 0.939. The Kier molecular flexibility index (Phi) is 4.76. The second-order valence-electron chi connectivity index (χ2n) is 6.32. The van der Waals surface area contributed by atoms with Crippen LogP contribution in [0, 0.1) is 5.92 Å². The first-order valence-electron chi connectivity index (χ1n) is 8.27. The molecule has 0 spiro atoms. The molecule has 23 heavy (non-hydrogen) atoms. The lowest BCUT2D eigenvalue weighted by Crippen LogP contribution is -2.51. The number of piperidine rings is 1. The minimum Gasteiger partial charge on any atom is -0.338 e. The SMILES string of the molecule is C[C@H]1CCCN(C(=O)Cc2cnn(-c3ccccc3)c2)[C@@H]1CN. The van der Waals surface area contributed by atoms with E-state index in [9.17, 15) is 4.79 Å². The number of carbonyl (C=O) groups excluding carboxylic acids is 1. The Bertz CT molecular complexity index is 652. The Balaban J connectivity index is 1.69. The number of para-hydroxylation sites is 1. The van der Waals surface area contributed by atoms with Gasteiger partial charge in [-0.05, 0) is 36.5 Å². The summed E-state index contributed by atoms with van der Waals surface area (Å²) < 4.78 is 1.81. The number of likely N-dealkylation sites (tertiary alicyclic amines) is 1. The van der Waals surface area contributed by atoms with Gasteiger partial charge in [-0.3, -0.25) is 4.79 Å². The lowest BCUT2D eigenvalue weighted by atomic mass is 9.90. The topological polar surface area (TPSA) is 64.2 Å². The average molecular weight is 312 g/mol. The van der Waals surface area contributed by atoms with Gasteiger partial charge in [-0.25, -0.2) is 4.68 Å². The van der Waals surface area contributed by atoms with Crippen LogP contribution in [0.25, 0.3) is 5.69 Å². The van der Waals surface area contributed by atoms with Crippen molar-refractivity contribution in [1.29, 1.82) is 0 Å². The molecule has 1 aromatic heterocycles. The Morgan fingerprint density at radius 3 is 2.87 bits per heavy atom. The number of aromatic nitrogens is 2. The lowest BCUT2D eigenvalue weighted by Gasteiger charge is -2.39. The predicted octanol–water partition coefficient (Wildman–Crippen LogP) is 2.00. The number of nitrogens with two attached hydrogens (primary N) is 1. The Morgan fingerprint density at radius 2 is 2.13 bits per heavy atom. The van der Waals surface area contributed by atoms with E-state index in [0.717, 1.165) is 30.6 Å². The maximum atomic E-state index is 12.7. The predicted molar refractivity (Wildman–Crippen MR) is 90.2 cm³/mol. The van der Waals surface area contributed by atoms with Gasteiger partial charge in [-0.1, -0.05) is 25.1 Å². The van der Waals surface area contributed by atoms with Gasteiger partial charge < -0.3 is 10.6 Å². The van der Waals surface area contributed by atoms with Gasteiger partial charge in [0.1, 0.15) is 0 Å². The van der Waals surface area contributed by atoms with E-state index in [1.54, 1.807) is 6.20 Å². The Morgan fingerprint density at radius 1 is 1.35 bits per heavy atom. The molecule has 1 fully saturated rings. The van der Waals surface area contributed by atoms with Crippen molar-refractivity contribution in [3.63, 3.8) is 0 Å². The average Bonchev–Trinajstić information content (AvgIpc) is 3.04. The molecule has 0 radical (unpaired) electrons. The van der Waals surface area contributed by atoms with Gasteiger partial charge in [0.25, 0.3) is 0 Å². The fourth-order valence-corrected chi connectivity index (χ4v) is 3.37. The van der Waals surface area contributed by atoms with Crippen molar-refractivity contribution in [3.8, 4) is 5.69 Å². The van der Waals surface area contributed by atoms with E-state index in [1.807, 2.05) is 46.1 Å². The molecule has 1 aliphatic heterocycles. The molecular weight excluding hydrogens is 288 g/mol. The molecule has 3 rings (SSSR count). The highest BCUT2D eigenvalue weighted by Crippen LogP contribution is 2.23. The normalized spacial score (nSPS) is 21.4. The van der Waals surface area contributed by atoms with Gasteiger partial charge in [0.15, 0.2) is 0 Å². The summed E-state index contributed by atoms with van der Waals surface area (Å²) in [6.07, 6.45) is 6.30. The molecule has 0 aliphatic carbocycles. The number of benzene rings is 1. The summed E-state index contributed by atoms with van der Waals surface area (Å²) in [6, 6.07) is 10.1. The molecular formula is C18H24N4O. The van der Waals surface area contributed by atoms with Gasteiger partial charge in [-0.2, -0.15) is 5.10 Å². The van der Waals surface area contributed by atoms with E-state index >= 15 is 0 Å². The van der Waals surface area contributed by atoms with Crippen LogP contribution in [0.1, 0.15) is 25.3 Å². The number of amides is 1. The number of hydrogen-bond acceptors (Lipinski definition) is 3. The lowest BCUT2D eigenvalue weighted by molar-refractivity contribution is -0.135. The minimum absolute atomic E-state index is 0.152. The molecule has 122 valence electrons. The van der Waals surface area contributed by atoms with Gasteiger partial charge in [-0.15, -0.1) is 0 Å². The molecule has 2 N–H and O–H groups in total. The van der Waals surface area contributed by atoms with Crippen molar-refractivity contribution < 1.29 is 4.79 Å². The maximum absolute atomic E-state index is 12.7. The van der Waals surface area contributed by atoms with E-state index in [0.29, 0.717) is 18.9 Å². The highest BCUT2D eigenvalue weighted by Gasteiger charge is 2.30. The van der Waals surface area contributed by atoms with E-state index in [1.165, 1.54) is 0 Å². The van der Waals surface area contributed by atoms with Crippen molar-refractivity contribution in [2.75, 3.05) is 13.1 Å². The third-order valence-corrected chi connectivity index (χ3v) is 4.69. The monoisotopic (exact) mass is 312 g/mol. The van der Waals surface area contributed by atoms with Crippen LogP contribution in [-0.2, 0) is 11.2 Å². The molecule has 1 aromatic carbocycles. The van der Waals surface area contributed by atoms with Crippen molar-refractivity contribution in [2.24, 2.45) is 11.7 Å². The summed E-state index contributed by atoms with van der Waals surface area (Å²) in [4.78, 5) is 14.6. The molecule has 2 heterocycles. The van der Waals surface area contributed by atoms with E-state index < -0.39 is 0 Å². The molecule has 0 unspecified atom stereocenters. The zero-order valence-electron chi connectivity index (χ0n) is 13.6. The van der Waals surface area contributed by atoms with Crippen LogP contribution in [0.4, 0.5) is 0 Å². The maximum Gasteiger partial charge on any atom is 0.227 e. The Labute approximate surface area is 137 Å². The molecule has 5 heteroatoms. The summed E-state index contributed by atoms with van der Waals surface area (Å²) >= 11 is 0. The molecule has 0 bridgehead atoms. The third kappa shape index (κ3) is 3.45. The van der Waals surface area contributed by atoms with Crippen LogP contribution in [-0.4, -0.2) is 39.7 Å². The van der Waals surface area contributed by atoms with E-state index in [-0.39, 0.29) is 11.9 Å². The van der Waals surface area contributed by atoms with Crippen LogP contribution < -0.4 is 5.73 Å². The highest BCUT2D eigenvalue weighted by molar-refractivity contribution is 5.79. The molecule has 1 aliphatic rings. The van der Waals surface area contributed by atoms with Gasteiger partial charge in [0.05, 0.1) is 18.3 Å². The second kappa shape index (κ2) is 6.96. The van der Waals surface area contributed by atoms with Gasteiger partial charge in [0, 0.05) is 25.3 Å². The molecule has 0 saturated carbocycles. The van der Waals surface area contributed by atoms with Crippen LogP contribution in [0.2, 0.25) is 0 Å². The van der Waals surface area contributed by atoms with Crippen molar-refractivity contribution in [3.05, 3.63) is 48.3 Å². The fraction of sp³-hybridized carbons (Fsp3) is 0.444. The van der Waals surface area contributed by atoms with E-state index in [2.05, 4.69) is 12.0 Å². The van der Waals surface area contributed by atoms with Crippen molar-refractivity contribution >= 4 is 5.91 Å². The van der Waals surface area contributed by atoms with Crippen LogP contribution >= 0.6 is 0 Å². The standard InChI is InChI=1S/C18H24N4O/c1-14-6-5-9-21(17(14)11-19)18(23)10-15-12-20-22(13-15)16-7-3-2-4-8-16/h2-4,7-8,12-14,17H,5-6,9-11,19H2,1H3/t14-,17+/m0/s1. The summed E-state index contributed by atoms with van der Waals surface area (Å²) in [5.41, 5.74) is 7.82. The fourth-order valence-electron chi connectivity index (χ4n) is 3.37. The van der Waals surface area contributed by atoms with E-state index in [4.69, 9.17) is 5.73 Å². The second-order valence-corrected chi connectivity index (χ2v) is 6.32. The third-order valence-electron chi connectivity index (χ3n) is 4.69. The molecule has 1 amide bonds. The largest absolute Gasteiger partial charge is 0.338 e. The first kappa shape index (κ1) is 15.7. The smallest absolute Gasteiger partial charge is 0.227 e. The molecule has 5 nitrogen and oxygen atoms in total. The summed E-state index contributed by atoms with van der Waals surface area (Å²) in [5.74, 6) is 0.629.